The zero-order valence-corrected chi connectivity index (χ0v) is 18.5. The van der Waals surface area contributed by atoms with E-state index in [9.17, 15) is 14.0 Å². The Kier molecular flexibility index (Phi) is 6.58. The molecule has 0 spiro atoms. The highest BCUT2D eigenvalue weighted by Gasteiger charge is 2.35. The lowest BCUT2D eigenvalue weighted by Gasteiger charge is -2.30. The van der Waals surface area contributed by atoms with E-state index in [1.807, 2.05) is 43.3 Å². The Hall–Kier alpha value is -3.87. The summed E-state index contributed by atoms with van der Waals surface area (Å²) in [4.78, 5) is 25.4. The molecule has 7 heteroatoms. The Morgan fingerprint density at radius 3 is 2.58 bits per heavy atom. The predicted octanol–water partition coefficient (Wildman–Crippen LogP) is 5.14. The number of carbonyl (C=O) groups is 2. The number of amides is 2. The Labute approximate surface area is 191 Å². The van der Waals surface area contributed by atoms with Crippen molar-refractivity contribution in [1.82, 2.24) is 10.6 Å². The number of esters is 1. The first-order valence-electron chi connectivity index (χ1n) is 10.8. The molecular weight excluding hydrogens is 423 g/mol. The SMILES string of the molecule is CCCOC(=O)C1=C(C)NC(=O)NC1c1c(OCc2ccc(F)cc2)ccc2ccccc12. The highest BCUT2D eigenvalue weighted by atomic mass is 19.1. The van der Waals surface area contributed by atoms with Crippen LogP contribution in [0.15, 0.2) is 71.9 Å². The molecule has 1 heterocycles. The summed E-state index contributed by atoms with van der Waals surface area (Å²) in [6, 6.07) is 16.3. The number of hydrogen-bond donors (Lipinski definition) is 2. The number of nitrogens with one attached hydrogen (secondary N) is 2. The molecule has 0 aromatic heterocycles. The largest absolute Gasteiger partial charge is 0.489 e. The fraction of sp³-hybridized carbons (Fsp3) is 0.231. The average Bonchev–Trinajstić information content (AvgIpc) is 2.81. The lowest BCUT2D eigenvalue weighted by Crippen LogP contribution is -2.45. The summed E-state index contributed by atoms with van der Waals surface area (Å²) in [7, 11) is 0. The molecule has 3 aromatic carbocycles. The quantitative estimate of drug-likeness (QED) is 0.491. The minimum atomic E-state index is -0.766. The maximum absolute atomic E-state index is 13.3. The minimum Gasteiger partial charge on any atom is -0.489 e. The summed E-state index contributed by atoms with van der Waals surface area (Å²) in [6.45, 7) is 4.07. The van der Waals surface area contributed by atoms with E-state index in [2.05, 4.69) is 10.6 Å². The number of carbonyl (C=O) groups excluding carboxylic acids is 2. The molecule has 4 rings (SSSR count). The van der Waals surface area contributed by atoms with Crippen molar-refractivity contribution in [3.63, 3.8) is 0 Å². The summed E-state index contributed by atoms with van der Waals surface area (Å²) < 4.78 is 24.8. The standard InChI is InChI=1S/C26H25FN2O4/c1-3-14-32-25(30)22-16(2)28-26(31)29-24(22)23-20-7-5-4-6-18(20)10-13-21(23)33-15-17-8-11-19(27)12-9-17/h4-13,24H,3,14-15H2,1-2H3,(H2,28,29,31). The maximum atomic E-state index is 13.3. The molecule has 1 unspecified atom stereocenters. The van der Waals surface area contributed by atoms with Gasteiger partial charge in [0.25, 0.3) is 0 Å². The van der Waals surface area contributed by atoms with Gasteiger partial charge in [-0.25, -0.2) is 14.0 Å². The van der Waals surface area contributed by atoms with Gasteiger partial charge in [0.15, 0.2) is 0 Å². The van der Waals surface area contributed by atoms with Crippen LogP contribution in [-0.2, 0) is 16.1 Å². The van der Waals surface area contributed by atoms with E-state index in [0.717, 1.165) is 16.3 Å². The van der Waals surface area contributed by atoms with Crippen molar-refractivity contribution in [2.75, 3.05) is 6.61 Å². The summed E-state index contributed by atoms with van der Waals surface area (Å²) >= 11 is 0. The molecule has 1 aliphatic heterocycles. The summed E-state index contributed by atoms with van der Waals surface area (Å²) in [5.41, 5.74) is 2.21. The summed E-state index contributed by atoms with van der Waals surface area (Å²) in [5, 5.41) is 7.32. The van der Waals surface area contributed by atoms with Crippen LogP contribution in [0.25, 0.3) is 10.8 Å². The molecule has 1 atom stereocenters. The fourth-order valence-electron chi connectivity index (χ4n) is 3.89. The number of allylic oxidation sites excluding steroid dienone is 1. The Morgan fingerprint density at radius 2 is 1.82 bits per heavy atom. The molecule has 0 saturated carbocycles. The van der Waals surface area contributed by atoms with Crippen molar-refractivity contribution < 1.29 is 23.5 Å². The van der Waals surface area contributed by atoms with Crippen LogP contribution in [0, 0.1) is 5.82 Å². The summed E-state index contributed by atoms with van der Waals surface area (Å²) in [5.74, 6) is -0.304. The van der Waals surface area contributed by atoms with Gasteiger partial charge >= 0.3 is 12.0 Å². The molecule has 0 radical (unpaired) electrons. The second-order valence-electron chi connectivity index (χ2n) is 7.82. The summed E-state index contributed by atoms with van der Waals surface area (Å²) in [6.07, 6.45) is 0.683. The van der Waals surface area contributed by atoms with Gasteiger partial charge in [-0.1, -0.05) is 49.4 Å². The zero-order chi connectivity index (χ0) is 23.4. The highest BCUT2D eigenvalue weighted by molar-refractivity contribution is 5.98. The van der Waals surface area contributed by atoms with Crippen molar-refractivity contribution >= 4 is 22.8 Å². The monoisotopic (exact) mass is 448 g/mol. The first-order valence-corrected chi connectivity index (χ1v) is 10.8. The van der Waals surface area contributed by atoms with E-state index in [4.69, 9.17) is 9.47 Å². The molecule has 2 N–H and O–H groups in total. The Bertz CT molecular complexity index is 1220. The lowest BCUT2D eigenvalue weighted by molar-refractivity contribution is -0.139. The van der Waals surface area contributed by atoms with Crippen molar-refractivity contribution in [2.45, 2.75) is 32.9 Å². The fourth-order valence-corrected chi connectivity index (χ4v) is 3.89. The topological polar surface area (TPSA) is 76.7 Å². The van der Waals surface area contributed by atoms with Gasteiger partial charge in [-0.05, 0) is 47.9 Å². The van der Waals surface area contributed by atoms with Crippen molar-refractivity contribution in [3.05, 3.63) is 88.9 Å². The van der Waals surface area contributed by atoms with Crippen LogP contribution < -0.4 is 15.4 Å². The van der Waals surface area contributed by atoms with Crippen LogP contribution in [0.3, 0.4) is 0 Å². The number of halogens is 1. The normalized spacial score (nSPS) is 15.7. The second-order valence-corrected chi connectivity index (χ2v) is 7.82. The molecule has 0 bridgehead atoms. The highest BCUT2D eigenvalue weighted by Crippen LogP contribution is 2.39. The number of rotatable bonds is 7. The van der Waals surface area contributed by atoms with Gasteiger partial charge in [-0.15, -0.1) is 0 Å². The molecule has 3 aromatic rings. The predicted molar refractivity (Wildman–Crippen MR) is 123 cm³/mol. The van der Waals surface area contributed by atoms with Gasteiger partial charge in [0.05, 0.1) is 18.2 Å². The Morgan fingerprint density at radius 1 is 1.06 bits per heavy atom. The Balaban J connectivity index is 1.80. The number of ether oxygens (including phenoxy) is 2. The lowest BCUT2D eigenvalue weighted by atomic mass is 9.90. The molecule has 0 saturated heterocycles. The van der Waals surface area contributed by atoms with Crippen LogP contribution in [0.5, 0.6) is 5.75 Å². The molecule has 1 aliphatic rings. The van der Waals surface area contributed by atoms with Gasteiger partial charge < -0.3 is 20.1 Å². The second kappa shape index (κ2) is 9.73. The first-order chi connectivity index (χ1) is 16.0. The van der Waals surface area contributed by atoms with Crippen LogP contribution in [0.2, 0.25) is 0 Å². The zero-order valence-electron chi connectivity index (χ0n) is 18.5. The van der Waals surface area contributed by atoms with Crippen LogP contribution in [0.1, 0.15) is 37.4 Å². The number of hydrogen-bond acceptors (Lipinski definition) is 4. The molecule has 170 valence electrons. The molecule has 0 aliphatic carbocycles. The number of urea groups is 1. The molecule has 0 fully saturated rings. The van der Waals surface area contributed by atoms with Crippen LogP contribution in [0.4, 0.5) is 9.18 Å². The molecule has 33 heavy (non-hydrogen) atoms. The van der Waals surface area contributed by atoms with E-state index >= 15 is 0 Å². The van der Waals surface area contributed by atoms with E-state index in [1.54, 1.807) is 19.1 Å². The average molecular weight is 448 g/mol. The van der Waals surface area contributed by atoms with E-state index in [1.165, 1.54) is 12.1 Å². The van der Waals surface area contributed by atoms with Gasteiger partial charge in [0.2, 0.25) is 0 Å². The third kappa shape index (κ3) is 4.82. The van der Waals surface area contributed by atoms with E-state index in [-0.39, 0.29) is 19.0 Å². The van der Waals surface area contributed by atoms with Crippen molar-refractivity contribution in [3.8, 4) is 5.75 Å². The number of benzene rings is 3. The van der Waals surface area contributed by atoms with Crippen LogP contribution in [-0.4, -0.2) is 18.6 Å². The first kappa shape index (κ1) is 22.3. The van der Waals surface area contributed by atoms with E-state index in [0.29, 0.717) is 29.0 Å². The molecule has 6 nitrogen and oxygen atoms in total. The number of fused-ring (bicyclic) bond motifs is 1. The van der Waals surface area contributed by atoms with E-state index < -0.39 is 18.0 Å². The third-order valence-corrected chi connectivity index (χ3v) is 5.45. The van der Waals surface area contributed by atoms with Gasteiger partial charge in [0.1, 0.15) is 18.2 Å². The third-order valence-electron chi connectivity index (χ3n) is 5.45. The molecule has 2 amide bonds. The van der Waals surface area contributed by atoms with Crippen molar-refractivity contribution in [2.24, 2.45) is 0 Å². The van der Waals surface area contributed by atoms with Crippen molar-refractivity contribution in [1.29, 1.82) is 0 Å². The minimum absolute atomic E-state index is 0.197. The smallest absolute Gasteiger partial charge is 0.338 e. The molecular formula is C26H25FN2O4. The van der Waals surface area contributed by atoms with Crippen LogP contribution >= 0.6 is 0 Å². The van der Waals surface area contributed by atoms with Gasteiger partial charge in [0, 0.05) is 11.3 Å². The van der Waals surface area contributed by atoms with Gasteiger partial charge in [-0.3, -0.25) is 0 Å². The maximum Gasteiger partial charge on any atom is 0.338 e. The van der Waals surface area contributed by atoms with Gasteiger partial charge in [-0.2, -0.15) is 0 Å².